The maximum absolute atomic E-state index is 13.3. The summed E-state index contributed by atoms with van der Waals surface area (Å²) < 4.78 is 0. The summed E-state index contributed by atoms with van der Waals surface area (Å²) in [5.41, 5.74) is 4.99. The van der Waals surface area contributed by atoms with Gasteiger partial charge in [0, 0.05) is 37.1 Å². The Kier molecular flexibility index (Phi) is 6.30. The number of aryl methyl sites for hydroxylation is 1. The van der Waals surface area contributed by atoms with E-state index in [1.165, 1.54) is 19.3 Å². The molecule has 0 radical (unpaired) electrons. The molecule has 5 heteroatoms. The maximum atomic E-state index is 13.3. The van der Waals surface area contributed by atoms with Crippen molar-refractivity contribution in [3.63, 3.8) is 0 Å². The summed E-state index contributed by atoms with van der Waals surface area (Å²) in [6, 6.07) is 12.1. The summed E-state index contributed by atoms with van der Waals surface area (Å²) in [7, 11) is 0. The van der Waals surface area contributed by atoms with Crippen molar-refractivity contribution in [3.05, 3.63) is 58.7 Å². The van der Waals surface area contributed by atoms with E-state index in [0.29, 0.717) is 23.7 Å². The number of hydrogen-bond acceptors (Lipinski definition) is 3. The molecule has 0 saturated heterocycles. The molecule has 2 aromatic carbocycles. The van der Waals surface area contributed by atoms with Crippen LogP contribution in [0.5, 0.6) is 0 Å². The van der Waals surface area contributed by atoms with Gasteiger partial charge in [0.15, 0.2) is 0 Å². The first-order chi connectivity index (χ1) is 15.0. The molecule has 0 aromatic heterocycles. The second-order valence-electron chi connectivity index (χ2n) is 8.69. The van der Waals surface area contributed by atoms with Gasteiger partial charge in [-0.15, -0.1) is 0 Å². The van der Waals surface area contributed by atoms with E-state index in [1.807, 2.05) is 36.1 Å². The molecule has 2 aromatic rings. The van der Waals surface area contributed by atoms with Crippen LogP contribution >= 0.6 is 0 Å². The molecule has 0 atom stereocenters. The highest BCUT2D eigenvalue weighted by Gasteiger charge is 2.36. The van der Waals surface area contributed by atoms with Gasteiger partial charge < -0.3 is 15.1 Å². The standard InChI is InChI=1S/C26H33N3O2/c1-4-28(5-2)21-14-15-23(18(3)16-21)27-25(30)22-13-9-10-19-17-29(26(31)24(19)22)20-11-7-6-8-12-20/h9-10,13-16,20H,4-8,11-12,17H2,1-3H3,(H,27,30). The first-order valence-corrected chi connectivity index (χ1v) is 11.6. The van der Waals surface area contributed by atoms with Crippen LogP contribution in [0.1, 0.15) is 77.8 Å². The predicted octanol–water partition coefficient (Wildman–Crippen LogP) is 5.38. The minimum Gasteiger partial charge on any atom is -0.372 e. The van der Waals surface area contributed by atoms with E-state index in [9.17, 15) is 9.59 Å². The number of nitrogens with one attached hydrogen (secondary N) is 1. The lowest BCUT2D eigenvalue weighted by molar-refractivity contribution is 0.0657. The highest BCUT2D eigenvalue weighted by Crippen LogP contribution is 2.33. The van der Waals surface area contributed by atoms with E-state index in [4.69, 9.17) is 0 Å². The first kappa shape index (κ1) is 21.4. The molecule has 0 unspecified atom stereocenters. The topological polar surface area (TPSA) is 52.7 Å². The summed E-state index contributed by atoms with van der Waals surface area (Å²) in [6.45, 7) is 8.79. The van der Waals surface area contributed by atoms with Crippen LogP contribution in [0, 0.1) is 6.92 Å². The summed E-state index contributed by atoms with van der Waals surface area (Å²) in [6.07, 6.45) is 5.76. The third-order valence-corrected chi connectivity index (χ3v) is 6.81. The van der Waals surface area contributed by atoms with E-state index in [-0.39, 0.29) is 11.8 Å². The number of fused-ring (bicyclic) bond motifs is 1. The number of benzene rings is 2. The van der Waals surface area contributed by atoms with Gasteiger partial charge in [0.05, 0.1) is 11.1 Å². The summed E-state index contributed by atoms with van der Waals surface area (Å²) in [5, 5.41) is 3.05. The minimum atomic E-state index is -0.214. The molecule has 1 N–H and O–H groups in total. The van der Waals surface area contributed by atoms with Crippen molar-refractivity contribution in [2.75, 3.05) is 23.3 Å². The molecule has 2 amide bonds. The Morgan fingerprint density at radius 1 is 1.10 bits per heavy atom. The van der Waals surface area contributed by atoms with Crippen molar-refractivity contribution < 1.29 is 9.59 Å². The van der Waals surface area contributed by atoms with Crippen molar-refractivity contribution in [3.8, 4) is 0 Å². The molecule has 1 heterocycles. The molecule has 5 nitrogen and oxygen atoms in total. The van der Waals surface area contributed by atoms with Crippen LogP contribution in [0.2, 0.25) is 0 Å². The Balaban J connectivity index is 1.55. The van der Waals surface area contributed by atoms with Crippen molar-refractivity contribution >= 4 is 23.2 Å². The van der Waals surface area contributed by atoms with Crippen molar-refractivity contribution in [2.24, 2.45) is 0 Å². The van der Waals surface area contributed by atoms with Gasteiger partial charge in [-0.1, -0.05) is 31.4 Å². The zero-order valence-electron chi connectivity index (χ0n) is 18.9. The molecule has 0 bridgehead atoms. The van der Waals surface area contributed by atoms with Gasteiger partial charge in [0.25, 0.3) is 11.8 Å². The zero-order chi connectivity index (χ0) is 22.0. The van der Waals surface area contributed by atoms with Crippen LogP contribution < -0.4 is 10.2 Å². The molecule has 164 valence electrons. The predicted molar refractivity (Wildman–Crippen MR) is 126 cm³/mol. The number of rotatable bonds is 6. The van der Waals surface area contributed by atoms with Gasteiger partial charge >= 0.3 is 0 Å². The Bertz CT molecular complexity index is 975. The number of hydrogen-bond donors (Lipinski definition) is 1. The van der Waals surface area contributed by atoms with Gasteiger partial charge in [-0.3, -0.25) is 9.59 Å². The SMILES string of the molecule is CCN(CC)c1ccc(NC(=O)c2cccc3c2C(=O)N(C2CCCCC2)C3)c(C)c1. The fourth-order valence-electron chi connectivity index (χ4n) is 5.02. The summed E-state index contributed by atoms with van der Waals surface area (Å²) >= 11 is 0. The van der Waals surface area contributed by atoms with E-state index in [0.717, 1.165) is 48.4 Å². The smallest absolute Gasteiger partial charge is 0.256 e. The van der Waals surface area contributed by atoms with Crippen molar-refractivity contribution in [1.29, 1.82) is 0 Å². The largest absolute Gasteiger partial charge is 0.372 e. The fraction of sp³-hybridized carbons (Fsp3) is 0.462. The molecular formula is C26H33N3O2. The molecule has 1 saturated carbocycles. The number of carbonyl (C=O) groups excluding carboxylic acids is 2. The monoisotopic (exact) mass is 419 g/mol. The molecule has 0 spiro atoms. The van der Waals surface area contributed by atoms with Gasteiger partial charge in [0.2, 0.25) is 0 Å². The molecule has 2 aliphatic rings. The van der Waals surface area contributed by atoms with Crippen molar-refractivity contribution in [2.45, 2.75) is 65.5 Å². The highest BCUT2D eigenvalue weighted by atomic mass is 16.2. The molecular weight excluding hydrogens is 386 g/mol. The minimum absolute atomic E-state index is 0.0150. The van der Waals surface area contributed by atoms with Crippen LogP contribution in [-0.4, -0.2) is 35.8 Å². The third-order valence-electron chi connectivity index (χ3n) is 6.81. The lowest BCUT2D eigenvalue weighted by Crippen LogP contribution is -2.37. The van der Waals surface area contributed by atoms with Gasteiger partial charge in [-0.05, 0) is 69.0 Å². The van der Waals surface area contributed by atoms with Gasteiger partial charge in [-0.25, -0.2) is 0 Å². The Morgan fingerprint density at radius 2 is 1.84 bits per heavy atom. The molecule has 4 rings (SSSR count). The number of nitrogens with zero attached hydrogens (tertiary/aromatic N) is 2. The average molecular weight is 420 g/mol. The van der Waals surface area contributed by atoms with Crippen LogP contribution in [0.15, 0.2) is 36.4 Å². The zero-order valence-corrected chi connectivity index (χ0v) is 18.9. The van der Waals surface area contributed by atoms with Crippen LogP contribution in [-0.2, 0) is 6.54 Å². The van der Waals surface area contributed by atoms with E-state index in [2.05, 4.69) is 30.1 Å². The third kappa shape index (κ3) is 4.18. The maximum Gasteiger partial charge on any atom is 0.256 e. The van der Waals surface area contributed by atoms with Crippen LogP contribution in [0.3, 0.4) is 0 Å². The second-order valence-corrected chi connectivity index (χ2v) is 8.69. The quantitative estimate of drug-likeness (QED) is 0.684. The Hall–Kier alpha value is -2.82. The van der Waals surface area contributed by atoms with Gasteiger partial charge in [-0.2, -0.15) is 0 Å². The summed E-state index contributed by atoms with van der Waals surface area (Å²) in [5.74, 6) is -0.198. The second kappa shape index (κ2) is 9.13. The molecule has 1 fully saturated rings. The average Bonchev–Trinajstić information content (AvgIpc) is 3.13. The number of carbonyl (C=O) groups is 2. The van der Waals surface area contributed by atoms with Crippen LogP contribution in [0.4, 0.5) is 11.4 Å². The molecule has 1 aliphatic heterocycles. The Labute approximate surface area is 185 Å². The lowest BCUT2D eigenvalue weighted by Gasteiger charge is -2.30. The van der Waals surface area contributed by atoms with E-state index < -0.39 is 0 Å². The van der Waals surface area contributed by atoms with Crippen molar-refractivity contribution in [1.82, 2.24) is 4.90 Å². The molecule has 1 aliphatic carbocycles. The Morgan fingerprint density at radius 3 is 2.52 bits per heavy atom. The van der Waals surface area contributed by atoms with Gasteiger partial charge in [0.1, 0.15) is 0 Å². The van der Waals surface area contributed by atoms with E-state index in [1.54, 1.807) is 6.07 Å². The number of anilines is 2. The first-order valence-electron chi connectivity index (χ1n) is 11.6. The lowest BCUT2D eigenvalue weighted by atomic mass is 9.94. The van der Waals surface area contributed by atoms with E-state index >= 15 is 0 Å². The summed E-state index contributed by atoms with van der Waals surface area (Å²) in [4.78, 5) is 30.7. The molecule has 31 heavy (non-hydrogen) atoms. The fourth-order valence-corrected chi connectivity index (χ4v) is 5.02. The van der Waals surface area contributed by atoms with Crippen LogP contribution in [0.25, 0.3) is 0 Å². The normalized spacial score (nSPS) is 16.4. The highest BCUT2D eigenvalue weighted by molar-refractivity contribution is 6.14. The number of amides is 2.